The summed E-state index contributed by atoms with van der Waals surface area (Å²) in [4.78, 5) is 5.62. The normalized spacial score (nSPS) is 12.3. The lowest BCUT2D eigenvalue weighted by Crippen LogP contribution is -2.28. The van der Waals surface area contributed by atoms with Crippen LogP contribution in [0.15, 0.2) is 35.5 Å². The van der Waals surface area contributed by atoms with Gasteiger partial charge in [-0.05, 0) is 38.1 Å². The van der Waals surface area contributed by atoms with E-state index in [9.17, 15) is 12.8 Å². The summed E-state index contributed by atoms with van der Waals surface area (Å²) >= 11 is 0. The van der Waals surface area contributed by atoms with E-state index in [4.69, 9.17) is 9.47 Å². The minimum Gasteiger partial charge on any atom is -0.495 e. The molecule has 0 aliphatic rings. The standard InChI is InChI=1S/C21H23FN6O4S/c1-21(2,3)33(29,30)17-11-28-15(10-23-18(28)9-16(17)31-5)12-7-13(19(32-6)14(22)8-12)20-24-26-27(4)25-20/h7-11H,1-6H3. The fraction of sp³-hybridized carbons (Fsp3) is 0.333. The van der Waals surface area contributed by atoms with Crippen LogP contribution in [0.2, 0.25) is 0 Å². The van der Waals surface area contributed by atoms with Gasteiger partial charge in [-0.25, -0.2) is 17.8 Å². The molecule has 3 aromatic heterocycles. The number of halogens is 1. The molecule has 0 spiro atoms. The van der Waals surface area contributed by atoms with Crippen molar-refractivity contribution >= 4 is 15.5 Å². The quantitative estimate of drug-likeness (QED) is 0.434. The van der Waals surface area contributed by atoms with Crippen molar-refractivity contribution in [3.8, 4) is 34.1 Å². The fourth-order valence-electron chi connectivity index (χ4n) is 3.40. The molecular weight excluding hydrogens is 451 g/mol. The Hall–Kier alpha value is -3.54. The summed E-state index contributed by atoms with van der Waals surface area (Å²) < 4.78 is 52.5. The van der Waals surface area contributed by atoms with Crippen molar-refractivity contribution in [3.63, 3.8) is 0 Å². The maximum Gasteiger partial charge on any atom is 0.208 e. The van der Waals surface area contributed by atoms with Gasteiger partial charge in [0.2, 0.25) is 5.82 Å². The van der Waals surface area contributed by atoms with Crippen molar-refractivity contribution in [1.29, 1.82) is 0 Å². The molecule has 4 aromatic rings. The third kappa shape index (κ3) is 3.69. The minimum atomic E-state index is -3.75. The lowest BCUT2D eigenvalue weighted by atomic mass is 10.1. The Morgan fingerprint density at radius 1 is 1.09 bits per heavy atom. The van der Waals surface area contributed by atoms with Gasteiger partial charge in [0.1, 0.15) is 16.3 Å². The van der Waals surface area contributed by atoms with Crippen molar-refractivity contribution in [1.82, 2.24) is 29.6 Å². The van der Waals surface area contributed by atoms with E-state index in [0.29, 0.717) is 22.5 Å². The zero-order chi connectivity index (χ0) is 24.1. The third-order valence-electron chi connectivity index (χ3n) is 5.18. The summed E-state index contributed by atoms with van der Waals surface area (Å²) in [6, 6.07) is 4.46. The monoisotopic (exact) mass is 474 g/mol. The van der Waals surface area contributed by atoms with Gasteiger partial charge in [-0.1, -0.05) is 0 Å². The number of aromatic nitrogens is 6. The Balaban J connectivity index is 1.98. The van der Waals surface area contributed by atoms with Crippen molar-refractivity contribution in [2.24, 2.45) is 7.05 Å². The summed E-state index contributed by atoms with van der Waals surface area (Å²) in [6.07, 6.45) is 2.97. The van der Waals surface area contributed by atoms with Crippen LogP contribution in [0, 0.1) is 5.82 Å². The molecule has 0 unspecified atom stereocenters. The van der Waals surface area contributed by atoms with Crippen LogP contribution in [0.25, 0.3) is 28.3 Å². The summed E-state index contributed by atoms with van der Waals surface area (Å²) in [5.74, 6) is -0.303. The summed E-state index contributed by atoms with van der Waals surface area (Å²) in [5.41, 5.74) is 1.62. The lowest BCUT2D eigenvalue weighted by Gasteiger charge is -2.21. The average molecular weight is 475 g/mol. The zero-order valence-electron chi connectivity index (χ0n) is 19.0. The zero-order valence-corrected chi connectivity index (χ0v) is 19.8. The molecule has 0 atom stereocenters. The number of fused-ring (bicyclic) bond motifs is 1. The second kappa shape index (κ2) is 7.80. The molecule has 0 fully saturated rings. The number of benzene rings is 1. The smallest absolute Gasteiger partial charge is 0.208 e. The number of sulfone groups is 1. The van der Waals surface area contributed by atoms with E-state index in [1.165, 1.54) is 43.5 Å². The second-order valence-electron chi connectivity index (χ2n) is 8.33. The number of rotatable bonds is 5. The molecule has 0 bridgehead atoms. The molecule has 0 saturated carbocycles. The van der Waals surface area contributed by atoms with Gasteiger partial charge in [-0.3, -0.25) is 4.40 Å². The van der Waals surface area contributed by atoms with Crippen LogP contribution in [0.1, 0.15) is 20.8 Å². The summed E-state index contributed by atoms with van der Waals surface area (Å²) in [6.45, 7) is 4.83. The number of methoxy groups -OCH3 is 2. The number of tetrazole rings is 1. The molecule has 3 heterocycles. The van der Waals surface area contributed by atoms with Crippen molar-refractivity contribution in [2.45, 2.75) is 30.4 Å². The molecule has 0 saturated heterocycles. The molecule has 1 aromatic carbocycles. The molecule has 12 heteroatoms. The topological polar surface area (TPSA) is 114 Å². The first-order chi connectivity index (χ1) is 15.5. The van der Waals surface area contributed by atoms with Gasteiger partial charge in [0.05, 0.1) is 43.5 Å². The van der Waals surface area contributed by atoms with E-state index >= 15 is 0 Å². The van der Waals surface area contributed by atoms with Crippen LogP contribution in [-0.4, -0.2) is 57.0 Å². The van der Waals surface area contributed by atoms with Crippen LogP contribution in [-0.2, 0) is 16.9 Å². The van der Waals surface area contributed by atoms with Crippen LogP contribution in [0.4, 0.5) is 4.39 Å². The predicted octanol–water partition coefficient (Wildman–Crippen LogP) is 2.92. The first-order valence-corrected chi connectivity index (χ1v) is 11.4. The Morgan fingerprint density at radius 2 is 1.82 bits per heavy atom. The van der Waals surface area contributed by atoms with E-state index < -0.39 is 20.4 Å². The molecule has 0 amide bonds. The number of ether oxygens (including phenoxy) is 2. The highest BCUT2D eigenvalue weighted by Crippen LogP contribution is 2.37. The van der Waals surface area contributed by atoms with Crippen molar-refractivity contribution in [3.05, 3.63) is 36.4 Å². The molecule has 4 rings (SSSR count). The largest absolute Gasteiger partial charge is 0.495 e. The highest BCUT2D eigenvalue weighted by molar-refractivity contribution is 7.92. The van der Waals surface area contributed by atoms with Gasteiger partial charge in [-0.15, -0.1) is 10.2 Å². The minimum absolute atomic E-state index is 0.00838. The highest BCUT2D eigenvalue weighted by Gasteiger charge is 2.34. The van der Waals surface area contributed by atoms with E-state index in [1.807, 2.05) is 0 Å². The molecule has 174 valence electrons. The number of pyridine rings is 1. The maximum atomic E-state index is 15.0. The first kappa shape index (κ1) is 22.6. The molecule has 33 heavy (non-hydrogen) atoms. The molecular formula is C21H23FN6O4S. The third-order valence-corrected chi connectivity index (χ3v) is 7.68. The first-order valence-electron chi connectivity index (χ1n) is 9.90. The molecule has 0 aliphatic carbocycles. The molecule has 0 N–H and O–H groups in total. The lowest BCUT2D eigenvalue weighted by molar-refractivity contribution is 0.388. The number of imidazole rings is 1. The molecule has 0 aliphatic heterocycles. The Bertz CT molecular complexity index is 1470. The van der Waals surface area contributed by atoms with Crippen LogP contribution in [0.3, 0.4) is 0 Å². The summed E-state index contributed by atoms with van der Waals surface area (Å²) in [7, 11) is 0.591. The van der Waals surface area contributed by atoms with Crippen LogP contribution in [0.5, 0.6) is 11.5 Å². The van der Waals surface area contributed by atoms with Crippen molar-refractivity contribution < 1.29 is 22.3 Å². The van der Waals surface area contributed by atoms with Gasteiger partial charge in [-0.2, -0.15) is 4.80 Å². The average Bonchev–Trinajstić information content (AvgIpc) is 3.37. The van der Waals surface area contributed by atoms with Gasteiger partial charge in [0, 0.05) is 17.8 Å². The number of hydrogen-bond donors (Lipinski definition) is 0. The van der Waals surface area contributed by atoms with E-state index in [1.54, 1.807) is 38.3 Å². The highest BCUT2D eigenvalue weighted by atomic mass is 32.2. The predicted molar refractivity (Wildman–Crippen MR) is 118 cm³/mol. The maximum absolute atomic E-state index is 15.0. The SMILES string of the molecule is COc1cc2ncc(-c3cc(F)c(OC)c(-c4nnn(C)n4)c3)n2cc1S(=O)(=O)C(C)(C)C. The van der Waals surface area contributed by atoms with Crippen LogP contribution < -0.4 is 9.47 Å². The summed E-state index contributed by atoms with van der Waals surface area (Å²) in [5, 5.41) is 11.9. The Morgan fingerprint density at radius 3 is 2.39 bits per heavy atom. The number of aryl methyl sites for hydroxylation is 1. The van der Waals surface area contributed by atoms with Gasteiger partial charge in [0.25, 0.3) is 0 Å². The van der Waals surface area contributed by atoms with Crippen LogP contribution >= 0.6 is 0 Å². The molecule has 10 nitrogen and oxygen atoms in total. The van der Waals surface area contributed by atoms with Gasteiger partial charge in [0.15, 0.2) is 21.4 Å². The van der Waals surface area contributed by atoms with E-state index in [-0.39, 0.29) is 22.2 Å². The Kier molecular flexibility index (Phi) is 5.35. The van der Waals surface area contributed by atoms with E-state index in [2.05, 4.69) is 20.4 Å². The molecule has 0 radical (unpaired) electrons. The number of nitrogens with zero attached hydrogens (tertiary/aromatic N) is 6. The van der Waals surface area contributed by atoms with Gasteiger partial charge < -0.3 is 9.47 Å². The van der Waals surface area contributed by atoms with Gasteiger partial charge >= 0.3 is 0 Å². The number of hydrogen-bond acceptors (Lipinski definition) is 8. The second-order valence-corrected chi connectivity index (χ2v) is 11.0. The van der Waals surface area contributed by atoms with Crippen molar-refractivity contribution in [2.75, 3.05) is 14.2 Å². The Labute approximate surface area is 189 Å². The van der Waals surface area contributed by atoms with E-state index in [0.717, 1.165) is 0 Å². The fourth-order valence-corrected chi connectivity index (χ4v) is 4.71.